The fraction of sp³-hybridized carbons (Fsp3) is 0.786. The predicted octanol–water partition coefficient (Wildman–Crippen LogP) is 3.49. The molecular formula is C14H27NO2. The standard InChI is InChI=1S/C14H27NO2/c1-2-3-4-5-6-7-8-10-13(14(16)17)11-9-12-15/h10H,2-9,11-12,15H2,1H3,(H,16,17). The lowest BCUT2D eigenvalue weighted by Gasteiger charge is -2.02. The number of nitrogens with two attached hydrogens (primary N) is 1. The summed E-state index contributed by atoms with van der Waals surface area (Å²) in [5.74, 6) is -0.788. The third kappa shape index (κ3) is 10.1. The van der Waals surface area contributed by atoms with Gasteiger partial charge in [0.15, 0.2) is 0 Å². The van der Waals surface area contributed by atoms with E-state index in [-0.39, 0.29) is 0 Å². The lowest BCUT2D eigenvalue weighted by Crippen LogP contribution is -2.05. The summed E-state index contributed by atoms with van der Waals surface area (Å²) < 4.78 is 0. The second kappa shape index (κ2) is 11.6. The summed E-state index contributed by atoms with van der Waals surface area (Å²) in [6.07, 6.45) is 11.6. The van der Waals surface area contributed by atoms with E-state index in [0.29, 0.717) is 18.5 Å². The third-order valence-corrected chi connectivity index (χ3v) is 2.87. The number of carboxylic acid groups (broad SMARTS) is 1. The largest absolute Gasteiger partial charge is 0.478 e. The minimum absolute atomic E-state index is 0.531. The third-order valence-electron chi connectivity index (χ3n) is 2.87. The summed E-state index contributed by atoms with van der Waals surface area (Å²) in [7, 11) is 0. The van der Waals surface area contributed by atoms with E-state index < -0.39 is 5.97 Å². The van der Waals surface area contributed by atoms with Crippen LogP contribution in [0.5, 0.6) is 0 Å². The molecule has 3 nitrogen and oxygen atoms in total. The first-order chi connectivity index (χ1) is 8.22. The maximum absolute atomic E-state index is 10.9. The quantitative estimate of drug-likeness (QED) is 0.430. The number of hydrogen-bond acceptors (Lipinski definition) is 2. The highest BCUT2D eigenvalue weighted by Gasteiger charge is 2.05. The minimum Gasteiger partial charge on any atom is -0.478 e. The van der Waals surface area contributed by atoms with Crippen LogP contribution in [0.15, 0.2) is 11.6 Å². The van der Waals surface area contributed by atoms with Crippen molar-refractivity contribution in [1.29, 1.82) is 0 Å². The summed E-state index contributed by atoms with van der Waals surface area (Å²) in [6.45, 7) is 2.76. The number of allylic oxidation sites excluding steroid dienone is 1. The van der Waals surface area contributed by atoms with Crippen molar-refractivity contribution in [1.82, 2.24) is 0 Å². The molecule has 100 valence electrons. The van der Waals surface area contributed by atoms with Crippen molar-refractivity contribution in [2.24, 2.45) is 5.73 Å². The van der Waals surface area contributed by atoms with E-state index in [1.807, 2.05) is 6.08 Å². The van der Waals surface area contributed by atoms with Crippen molar-refractivity contribution in [2.75, 3.05) is 6.54 Å². The Labute approximate surface area is 105 Å². The van der Waals surface area contributed by atoms with Gasteiger partial charge in [-0.15, -0.1) is 0 Å². The first-order valence-electron chi connectivity index (χ1n) is 6.84. The molecule has 0 saturated heterocycles. The maximum Gasteiger partial charge on any atom is 0.331 e. The molecule has 0 aromatic carbocycles. The van der Waals surface area contributed by atoms with Gasteiger partial charge >= 0.3 is 5.97 Å². The van der Waals surface area contributed by atoms with Gasteiger partial charge in [0.25, 0.3) is 0 Å². The molecule has 0 aromatic heterocycles. The summed E-state index contributed by atoms with van der Waals surface area (Å²) in [6, 6.07) is 0. The summed E-state index contributed by atoms with van der Waals surface area (Å²) in [4.78, 5) is 10.9. The highest BCUT2D eigenvalue weighted by molar-refractivity contribution is 5.86. The Kier molecular flexibility index (Phi) is 11.1. The van der Waals surface area contributed by atoms with Crippen molar-refractivity contribution in [2.45, 2.75) is 64.7 Å². The molecule has 0 aliphatic carbocycles. The van der Waals surface area contributed by atoms with Gasteiger partial charge in [-0.25, -0.2) is 4.79 Å². The van der Waals surface area contributed by atoms with Crippen LogP contribution in [0, 0.1) is 0 Å². The van der Waals surface area contributed by atoms with Crippen molar-refractivity contribution in [3.63, 3.8) is 0 Å². The van der Waals surface area contributed by atoms with Crippen LogP contribution >= 0.6 is 0 Å². The number of carboxylic acids is 1. The Balaban J connectivity index is 3.66. The van der Waals surface area contributed by atoms with Gasteiger partial charge in [-0.1, -0.05) is 45.1 Å². The van der Waals surface area contributed by atoms with Gasteiger partial charge < -0.3 is 10.8 Å². The Hall–Kier alpha value is -0.830. The molecule has 0 spiro atoms. The van der Waals surface area contributed by atoms with E-state index in [4.69, 9.17) is 10.8 Å². The molecule has 3 heteroatoms. The zero-order valence-corrected chi connectivity index (χ0v) is 11.1. The number of unbranched alkanes of at least 4 members (excludes halogenated alkanes) is 6. The SMILES string of the molecule is CCCCCCCCC=C(CCCN)C(=O)O. The Morgan fingerprint density at radius 1 is 1.12 bits per heavy atom. The molecule has 0 bridgehead atoms. The molecule has 0 heterocycles. The molecule has 0 aliphatic heterocycles. The topological polar surface area (TPSA) is 63.3 Å². The van der Waals surface area contributed by atoms with Crippen molar-refractivity contribution >= 4 is 5.97 Å². The second-order valence-corrected chi connectivity index (χ2v) is 4.48. The second-order valence-electron chi connectivity index (χ2n) is 4.48. The van der Waals surface area contributed by atoms with Gasteiger partial charge in [-0.2, -0.15) is 0 Å². The molecular weight excluding hydrogens is 214 g/mol. The molecule has 17 heavy (non-hydrogen) atoms. The monoisotopic (exact) mass is 241 g/mol. The highest BCUT2D eigenvalue weighted by atomic mass is 16.4. The van der Waals surface area contributed by atoms with Gasteiger partial charge in [0.1, 0.15) is 0 Å². The number of hydrogen-bond donors (Lipinski definition) is 2. The Morgan fingerprint density at radius 3 is 2.35 bits per heavy atom. The van der Waals surface area contributed by atoms with Crippen LogP contribution in [-0.4, -0.2) is 17.6 Å². The first kappa shape index (κ1) is 16.2. The predicted molar refractivity (Wildman–Crippen MR) is 72.0 cm³/mol. The summed E-state index contributed by atoms with van der Waals surface area (Å²) in [5.41, 5.74) is 5.91. The maximum atomic E-state index is 10.9. The lowest BCUT2D eigenvalue weighted by molar-refractivity contribution is -0.132. The van der Waals surface area contributed by atoms with Gasteiger partial charge in [-0.3, -0.25) is 0 Å². The molecule has 0 rings (SSSR count). The lowest BCUT2D eigenvalue weighted by atomic mass is 10.1. The average molecular weight is 241 g/mol. The van der Waals surface area contributed by atoms with E-state index in [9.17, 15) is 4.79 Å². The van der Waals surface area contributed by atoms with Crippen LogP contribution < -0.4 is 5.73 Å². The summed E-state index contributed by atoms with van der Waals surface area (Å²) >= 11 is 0. The van der Waals surface area contributed by atoms with Gasteiger partial charge in [0.05, 0.1) is 0 Å². The number of aliphatic carboxylic acids is 1. The molecule has 0 aromatic rings. The van der Waals surface area contributed by atoms with Crippen molar-refractivity contribution < 1.29 is 9.90 Å². The fourth-order valence-corrected chi connectivity index (χ4v) is 1.79. The van der Waals surface area contributed by atoms with E-state index >= 15 is 0 Å². The van der Waals surface area contributed by atoms with E-state index in [1.165, 1.54) is 32.1 Å². The van der Waals surface area contributed by atoms with Crippen LogP contribution in [0.1, 0.15) is 64.7 Å². The minimum atomic E-state index is -0.788. The zero-order chi connectivity index (χ0) is 12.9. The zero-order valence-electron chi connectivity index (χ0n) is 11.1. The van der Waals surface area contributed by atoms with Crippen molar-refractivity contribution in [3.05, 3.63) is 11.6 Å². The Bertz CT molecular complexity index is 224. The van der Waals surface area contributed by atoms with Crippen LogP contribution in [0.4, 0.5) is 0 Å². The molecule has 0 radical (unpaired) electrons. The van der Waals surface area contributed by atoms with Gasteiger partial charge in [0, 0.05) is 5.57 Å². The number of rotatable bonds is 11. The Morgan fingerprint density at radius 2 is 1.76 bits per heavy atom. The van der Waals surface area contributed by atoms with E-state index in [0.717, 1.165) is 19.3 Å². The van der Waals surface area contributed by atoms with Crippen LogP contribution in [0.25, 0.3) is 0 Å². The summed E-state index contributed by atoms with van der Waals surface area (Å²) in [5, 5.41) is 8.96. The van der Waals surface area contributed by atoms with Gasteiger partial charge in [-0.05, 0) is 32.2 Å². The molecule has 0 aliphatic rings. The average Bonchev–Trinajstić information content (AvgIpc) is 2.31. The highest BCUT2D eigenvalue weighted by Crippen LogP contribution is 2.11. The smallest absolute Gasteiger partial charge is 0.331 e. The first-order valence-corrected chi connectivity index (χ1v) is 6.84. The van der Waals surface area contributed by atoms with Gasteiger partial charge in [0.2, 0.25) is 0 Å². The molecule has 0 saturated carbocycles. The molecule has 0 fully saturated rings. The van der Waals surface area contributed by atoms with E-state index in [2.05, 4.69) is 6.92 Å². The normalized spacial score (nSPS) is 11.8. The molecule has 0 amide bonds. The van der Waals surface area contributed by atoms with Crippen LogP contribution in [0.2, 0.25) is 0 Å². The molecule has 3 N–H and O–H groups in total. The van der Waals surface area contributed by atoms with Crippen LogP contribution in [-0.2, 0) is 4.79 Å². The fourth-order valence-electron chi connectivity index (χ4n) is 1.79. The molecule has 0 unspecified atom stereocenters. The number of carbonyl (C=O) groups is 1. The van der Waals surface area contributed by atoms with Crippen molar-refractivity contribution in [3.8, 4) is 0 Å². The molecule has 0 atom stereocenters. The van der Waals surface area contributed by atoms with Crippen LogP contribution in [0.3, 0.4) is 0 Å². The van der Waals surface area contributed by atoms with E-state index in [1.54, 1.807) is 0 Å².